The van der Waals surface area contributed by atoms with E-state index in [1.165, 1.54) is 7.11 Å². The van der Waals surface area contributed by atoms with Gasteiger partial charge in [0, 0.05) is 11.8 Å². The van der Waals surface area contributed by atoms with Crippen molar-refractivity contribution < 1.29 is 14.3 Å². The van der Waals surface area contributed by atoms with Gasteiger partial charge in [-0.2, -0.15) is 0 Å². The zero-order valence-electron chi connectivity index (χ0n) is 13.5. The summed E-state index contributed by atoms with van der Waals surface area (Å²) in [4.78, 5) is 12.5. The lowest BCUT2D eigenvalue weighted by Gasteiger charge is -2.33. The highest BCUT2D eigenvalue weighted by atomic mass is 16.5. The first-order chi connectivity index (χ1) is 9.83. The van der Waals surface area contributed by atoms with E-state index in [-0.39, 0.29) is 17.3 Å². The lowest BCUT2D eigenvalue weighted by molar-refractivity contribution is -0.147. The van der Waals surface area contributed by atoms with Crippen LogP contribution in [-0.2, 0) is 9.53 Å². The fraction of sp³-hybridized carbons (Fsp3) is 0.588. The Morgan fingerprint density at radius 1 is 1.33 bits per heavy atom. The smallest absolute Gasteiger partial charge is 0.331 e. The summed E-state index contributed by atoms with van der Waals surface area (Å²) in [5.41, 5.74) is 0.314. The Balaban J connectivity index is 2.35. The van der Waals surface area contributed by atoms with Crippen LogP contribution < -0.4 is 10.1 Å². The summed E-state index contributed by atoms with van der Waals surface area (Å²) in [6, 6.07) is 7.66. The third-order valence-electron chi connectivity index (χ3n) is 4.44. The minimum atomic E-state index is -0.676. The maximum Gasteiger partial charge on any atom is 0.331 e. The van der Waals surface area contributed by atoms with Crippen LogP contribution in [0.15, 0.2) is 24.3 Å². The second-order valence-corrected chi connectivity index (χ2v) is 6.77. The van der Waals surface area contributed by atoms with Crippen molar-refractivity contribution in [3.8, 4) is 5.75 Å². The number of hydrogen-bond donors (Lipinski definition) is 1. The van der Waals surface area contributed by atoms with Crippen LogP contribution in [-0.4, -0.2) is 25.7 Å². The van der Waals surface area contributed by atoms with E-state index in [0.717, 1.165) is 24.3 Å². The van der Waals surface area contributed by atoms with Crippen LogP contribution in [0, 0.1) is 11.3 Å². The molecule has 116 valence electrons. The van der Waals surface area contributed by atoms with E-state index in [2.05, 4.69) is 26.1 Å². The molecule has 1 saturated carbocycles. The van der Waals surface area contributed by atoms with Gasteiger partial charge in [-0.1, -0.05) is 26.8 Å². The summed E-state index contributed by atoms with van der Waals surface area (Å²) in [6.07, 6.45) is 1.74. The Bertz CT molecular complexity index is 527. The molecule has 1 fully saturated rings. The Hall–Kier alpha value is -1.71. The number of ether oxygens (including phenoxy) is 2. The molecule has 1 aliphatic rings. The summed E-state index contributed by atoms with van der Waals surface area (Å²) in [6.45, 7) is 6.50. The van der Waals surface area contributed by atoms with Gasteiger partial charge in [0.25, 0.3) is 0 Å². The minimum Gasteiger partial charge on any atom is -0.497 e. The molecule has 0 aliphatic heterocycles. The summed E-state index contributed by atoms with van der Waals surface area (Å²) in [5.74, 6) is 0.777. The fourth-order valence-electron chi connectivity index (χ4n) is 3.64. The summed E-state index contributed by atoms with van der Waals surface area (Å²) >= 11 is 0. The number of hydrogen-bond acceptors (Lipinski definition) is 4. The molecular formula is C17H25NO3. The maximum atomic E-state index is 12.5. The van der Waals surface area contributed by atoms with Gasteiger partial charge in [-0.05, 0) is 36.3 Å². The normalized spacial score (nSPS) is 27.2. The zero-order valence-corrected chi connectivity index (χ0v) is 13.5. The SMILES string of the molecule is COC(=O)C1(Nc2cccc(OC)c2)CC(C)(C)CC1C. The topological polar surface area (TPSA) is 47.6 Å². The number of benzene rings is 1. The van der Waals surface area contributed by atoms with Gasteiger partial charge in [0.2, 0.25) is 0 Å². The van der Waals surface area contributed by atoms with Crippen molar-refractivity contribution in [1.29, 1.82) is 0 Å². The second kappa shape index (κ2) is 5.58. The van der Waals surface area contributed by atoms with Gasteiger partial charge >= 0.3 is 5.97 Å². The number of rotatable bonds is 4. The van der Waals surface area contributed by atoms with Crippen molar-refractivity contribution in [2.45, 2.75) is 39.2 Å². The molecule has 1 aromatic rings. The van der Waals surface area contributed by atoms with Gasteiger partial charge < -0.3 is 14.8 Å². The molecule has 1 aromatic carbocycles. The Morgan fingerprint density at radius 3 is 2.57 bits per heavy atom. The Morgan fingerprint density at radius 2 is 2.05 bits per heavy atom. The van der Waals surface area contributed by atoms with Crippen molar-refractivity contribution in [3.05, 3.63) is 24.3 Å². The highest BCUT2D eigenvalue weighted by molar-refractivity contribution is 5.85. The molecule has 2 rings (SSSR count). The van der Waals surface area contributed by atoms with Crippen LogP contribution >= 0.6 is 0 Å². The molecule has 2 atom stereocenters. The van der Waals surface area contributed by atoms with Gasteiger partial charge in [-0.15, -0.1) is 0 Å². The molecule has 0 amide bonds. The highest BCUT2D eigenvalue weighted by Gasteiger charge is 2.54. The van der Waals surface area contributed by atoms with E-state index in [0.29, 0.717) is 0 Å². The lowest BCUT2D eigenvalue weighted by Crippen LogP contribution is -2.49. The largest absolute Gasteiger partial charge is 0.497 e. The number of carbonyl (C=O) groups excluding carboxylic acids is 1. The second-order valence-electron chi connectivity index (χ2n) is 6.77. The van der Waals surface area contributed by atoms with Crippen LogP contribution in [0.4, 0.5) is 5.69 Å². The van der Waals surface area contributed by atoms with Gasteiger partial charge in [0.05, 0.1) is 14.2 Å². The predicted octanol–water partition coefficient (Wildman–Crippen LogP) is 3.48. The number of nitrogens with one attached hydrogen (secondary N) is 1. The molecule has 4 nitrogen and oxygen atoms in total. The lowest BCUT2D eigenvalue weighted by atomic mass is 9.86. The summed E-state index contributed by atoms with van der Waals surface area (Å²) < 4.78 is 10.3. The number of esters is 1. The molecule has 1 N–H and O–H groups in total. The Labute approximate surface area is 126 Å². The molecule has 2 unspecified atom stereocenters. The van der Waals surface area contributed by atoms with E-state index in [1.807, 2.05) is 24.3 Å². The average Bonchev–Trinajstić information content (AvgIpc) is 2.68. The summed E-state index contributed by atoms with van der Waals surface area (Å²) in [7, 11) is 3.09. The fourth-order valence-corrected chi connectivity index (χ4v) is 3.64. The number of carbonyl (C=O) groups is 1. The third kappa shape index (κ3) is 2.99. The molecule has 0 bridgehead atoms. The molecule has 0 radical (unpaired) electrons. The molecular weight excluding hydrogens is 266 g/mol. The minimum absolute atomic E-state index is 0.111. The molecule has 0 spiro atoms. The highest BCUT2D eigenvalue weighted by Crippen LogP contribution is 2.49. The van der Waals surface area contributed by atoms with E-state index < -0.39 is 5.54 Å². The first kappa shape index (κ1) is 15.7. The maximum absolute atomic E-state index is 12.5. The van der Waals surface area contributed by atoms with Crippen LogP contribution in [0.1, 0.15) is 33.6 Å². The van der Waals surface area contributed by atoms with Crippen LogP contribution in [0.25, 0.3) is 0 Å². The van der Waals surface area contributed by atoms with Crippen molar-refractivity contribution in [3.63, 3.8) is 0 Å². The van der Waals surface area contributed by atoms with Gasteiger partial charge in [0.15, 0.2) is 0 Å². The van der Waals surface area contributed by atoms with Gasteiger partial charge in [-0.25, -0.2) is 4.79 Å². The van der Waals surface area contributed by atoms with Crippen LogP contribution in [0.2, 0.25) is 0 Å². The summed E-state index contributed by atoms with van der Waals surface area (Å²) in [5, 5.41) is 3.43. The molecule has 0 heterocycles. The third-order valence-corrected chi connectivity index (χ3v) is 4.44. The molecule has 21 heavy (non-hydrogen) atoms. The van der Waals surface area contributed by atoms with E-state index in [1.54, 1.807) is 7.11 Å². The van der Waals surface area contributed by atoms with Crippen molar-refractivity contribution in [2.75, 3.05) is 19.5 Å². The molecule has 0 saturated heterocycles. The standard InChI is InChI=1S/C17H25NO3/c1-12-10-16(2,3)11-17(12,15(19)21-5)18-13-7-6-8-14(9-13)20-4/h6-9,12,18H,10-11H2,1-5H3. The first-order valence-electron chi connectivity index (χ1n) is 7.34. The average molecular weight is 291 g/mol. The van der Waals surface area contributed by atoms with Gasteiger partial charge in [0.1, 0.15) is 11.3 Å². The van der Waals surface area contributed by atoms with Crippen LogP contribution in [0.3, 0.4) is 0 Å². The number of methoxy groups -OCH3 is 2. The molecule has 4 heteroatoms. The first-order valence-corrected chi connectivity index (χ1v) is 7.34. The Kier molecular flexibility index (Phi) is 4.17. The zero-order chi connectivity index (χ0) is 15.7. The monoisotopic (exact) mass is 291 g/mol. The van der Waals surface area contributed by atoms with E-state index in [4.69, 9.17) is 9.47 Å². The van der Waals surface area contributed by atoms with E-state index >= 15 is 0 Å². The van der Waals surface area contributed by atoms with Crippen molar-refractivity contribution in [1.82, 2.24) is 0 Å². The quantitative estimate of drug-likeness (QED) is 0.863. The number of anilines is 1. The van der Waals surface area contributed by atoms with Gasteiger partial charge in [-0.3, -0.25) is 0 Å². The predicted molar refractivity (Wildman–Crippen MR) is 83.5 cm³/mol. The van der Waals surface area contributed by atoms with Crippen molar-refractivity contribution >= 4 is 11.7 Å². The van der Waals surface area contributed by atoms with Crippen molar-refractivity contribution in [2.24, 2.45) is 11.3 Å². The van der Waals surface area contributed by atoms with Crippen LogP contribution in [0.5, 0.6) is 5.75 Å². The molecule has 1 aliphatic carbocycles. The molecule has 0 aromatic heterocycles. The van der Waals surface area contributed by atoms with E-state index in [9.17, 15) is 4.79 Å².